The monoisotopic (exact) mass is 468 g/mol. The van der Waals surface area contributed by atoms with Crippen LogP contribution in [0.15, 0.2) is 12.4 Å². The molecule has 2 heteroatoms. The SMILES string of the molecule is CCCCCCCCCc1cnc(C2CCC(CC[C@H]3CC[C@H](CCCCC)CC3)CC2)nc1. The fourth-order valence-electron chi connectivity index (χ4n) is 6.66. The van der Waals surface area contributed by atoms with Gasteiger partial charge in [0.2, 0.25) is 0 Å². The van der Waals surface area contributed by atoms with Crippen LogP contribution in [-0.2, 0) is 6.42 Å². The molecule has 2 nitrogen and oxygen atoms in total. The highest BCUT2D eigenvalue weighted by atomic mass is 14.9. The average Bonchev–Trinajstić information content (AvgIpc) is 2.88. The zero-order valence-corrected chi connectivity index (χ0v) is 22.9. The number of unbranched alkanes of at least 4 members (excludes halogenated alkanes) is 8. The van der Waals surface area contributed by atoms with Crippen molar-refractivity contribution in [2.24, 2.45) is 17.8 Å². The molecular weight excluding hydrogens is 412 g/mol. The molecule has 1 aromatic rings. The molecule has 0 unspecified atom stereocenters. The van der Waals surface area contributed by atoms with Crippen molar-refractivity contribution >= 4 is 0 Å². The van der Waals surface area contributed by atoms with Gasteiger partial charge in [0.15, 0.2) is 0 Å². The predicted octanol–water partition coefficient (Wildman–Crippen LogP) is 10.2. The van der Waals surface area contributed by atoms with E-state index in [2.05, 4.69) is 26.2 Å². The molecule has 0 spiro atoms. The average molecular weight is 469 g/mol. The van der Waals surface area contributed by atoms with Crippen molar-refractivity contribution in [1.82, 2.24) is 9.97 Å². The summed E-state index contributed by atoms with van der Waals surface area (Å²) in [5, 5.41) is 0. The first-order valence-electron chi connectivity index (χ1n) is 15.6. The van der Waals surface area contributed by atoms with Crippen LogP contribution in [0.25, 0.3) is 0 Å². The Kier molecular flexibility index (Phi) is 13.6. The van der Waals surface area contributed by atoms with Gasteiger partial charge in [-0.3, -0.25) is 0 Å². The first-order chi connectivity index (χ1) is 16.8. The molecule has 2 aliphatic carbocycles. The van der Waals surface area contributed by atoms with Crippen molar-refractivity contribution < 1.29 is 0 Å². The van der Waals surface area contributed by atoms with Crippen LogP contribution in [-0.4, -0.2) is 9.97 Å². The van der Waals surface area contributed by atoms with Gasteiger partial charge in [0.05, 0.1) is 0 Å². The first kappa shape index (κ1) is 27.7. The molecule has 2 fully saturated rings. The third kappa shape index (κ3) is 10.4. The number of hydrogen-bond acceptors (Lipinski definition) is 2. The molecule has 1 heterocycles. The van der Waals surface area contributed by atoms with Crippen LogP contribution in [0.1, 0.15) is 166 Å². The van der Waals surface area contributed by atoms with Crippen LogP contribution in [0.2, 0.25) is 0 Å². The fraction of sp³-hybridized carbons (Fsp3) is 0.875. The topological polar surface area (TPSA) is 25.8 Å². The van der Waals surface area contributed by atoms with E-state index in [0.29, 0.717) is 5.92 Å². The lowest BCUT2D eigenvalue weighted by molar-refractivity contribution is 0.221. The Balaban J connectivity index is 1.25. The van der Waals surface area contributed by atoms with Gasteiger partial charge in [0.1, 0.15) is 5.82 Å². The van der Waals surface area contributed by atoms with Gasteiger partial charge in [-0.05, 0) is 61.8 Å². The standard InChI is InChI=1S/C32H56N2/c1-3-5-7-8-9-10-12-14-30-25-33-32(34-26-30)31-23-21-29(22-24-31)20-19-28-17-15-27(16-18-28)13-11-6-4-2/h25-29,31H,3-24H2,1-2H3/t27-,28-,29?,31?. The largest absolute Gasteiger partial charge is 0.241 e. The number of hydrogen-bond donors (Lipinski definition) is 0. The molecule has 0 atom stereocenters. The Hall–Kier alpha value is -0.920. The van der Waals surface area contributed by atoms with Gasteiger partial charge >= 0.3 is 0 Å². The van der Waals surface area contributed by atoms with Crippen molar-refractivity contribution in [2.75, 3.05) is 0 Å². The van der Waals surface area contributed by atoms with Crippen molar-refractivity contribution in [1.29, 1.82) is 0 Å². The Morgan fingerprint density at radius 2 is 1.03 bits per heavy atom. The highest BCUT2D eigenvalue weighted by Crippen LogP contribution is 2.39. The van der Waals surface area contributed by atoms with E-state index in [1.165, 1.54) is 140 Å². The maximum absolute atomic E-state index is 4.81. The summed E-state index contributed by atoms with van der Waals surface area (Å²) in [6, 6.07) is 0. The summed E-state index contributed by atoms with van der Waals surface area (Å²) in [6.45, 7) is 4.61. The van der Waals surface area contributed by atoms with Crippen LogP contribution in [0, 0.1) is 17.8 Å². The van der Waals surface area contributed by atoms with Gasteiger partial charge in [0.25, 0.3) is 0 Å². The molecule has 2 aliphatic rings. The van der Waals surface area contributed by atoms with E-state index in [-0.39, 0.29) is 0 Å². The van der Waals surface area contributed by atoms with Crippen molar-refractivity contribution in [3.8, 4) is 0 Å². The second-order valence-corrected chi connectivity index (χ2v) is 12.0. The minimum atomic E-state index is 0.613. The molecule has 3 rings (SSSR count). The summed E-state index contributed by atoms with van der Waals surface area (Å²) in [4.78, 5) is 9.62. The molecule has 2 saturated carbocycles. The molecule has 1 aromatic heterocycles. The summed E-state index contributed by atoms with van der Waals surface area (Å²) in [7, 11) is 0. The van der Waals surface area contributed by atoms with Crippen LogP contribution >= 0.6 is 0 Å². The molecule has 0 N–H and O–H groups in total. The van der Waals surface area contributed by atoms with E-state index in [4.69, 9.17) is 9.97 Å². The van der Waals surface area contributed by atoms with Crippen LogP contribution in [0.5, 0.6) is 0 Å². The van der Waals surface area contributed by atoms with E-state index < -0.39 is 0 Å². The lowest BCUT2D eigenvalue weighted by Gasteiger charge is -2.31. The highest BCUT2D eigenvalue weighted by Gasteiger charge is 2.26. The maximum Gasteiger partial charge on any atom is 0.131 e. The first-order valence-corrected chi connectivity index (χ1v) is 15.6. The third-order valence-electron chi connectivity index (χ3n) is 9.17. The zero-order valence-electron chi connectivity index (χ0n) is 22.9. The Morgan fingerprint density at radius 1 is 0.559 bits per heavy atom. The molecule has 34 heavy (non-hydrogen) atoms. The van der Waals surface area contributed by atoms with Crippen LogP contribution in [0.3, 0.4) is 0 Å². The lowest BCUT2D eigenvalue weighted by Crippen LogP contribution is -2.18. The number of rotatable bonds is 16. The van der Waals surface area contributed by atoms with E-state index in [1.807, 2.05) is 0 Å². The zero-order chi connectivity index (χ0) is 23.8. The molecule has 0 saturated heterocycles. The maximum atomic E-state index is 4.81. The molecule has 194 valence electrons. The minimum Gasteiger partial charge on any atom is -0.241 e. The number of aromatic nitrogens is 2. The van der Waals surface area contributed by atoms with Gasteiger partial charge in [-0.1, -0.05) is 117 Å². The molecule has 0 aliphatic heterocycles. The molecular formula is C32H56N2. The van der Waals surface area contributed by atoms with Gasteiger partial charge in [-0.15, -0.1) is 0 Å². The van der Waals surface area contributed by atoms with E-state index >= 15 is 0 Å². The smallest absolute Gasteiger partial charge is 0.131 e. The Bertz CT molecular complexity index is 608. The minimum absolute atomic E-state index is 0.613. The Labute approximate surface area is 212 Å². The summed E-state index contributed by atoms with van der Waals surface area (Å²) in [5.41, 5.74) is 1.34. The molecule has 0 amide bonds. The van der Waals surface area contributed by atoms with E-state index in [1.54, 1.807) is 0 Å². The highest BCUT2D eigenvalue weighted by molar-refractivity contribution is 5.08. The van der Waals surface area contributed by atoms with Crippen molar-refractivity contribution in [3.05, 3.63) is 23.8 Å². The summed E-state index contributed by atoms with van der Waals surface area (Å²) >= 11 is 0. The molecule has 0 radical (unpaired) electrons. The molecule has 0 bridgehead atoms. The number of nitrogens with zero attached hydrogens (tertiary/aromatic N) is 2. The second-order valence-electron chi connectivity index (χ2n) is 12.0. The van der Waals surface area contributed by atoms with Crippen LogP contribution < -0.4 is 0 Å². The Morgan fingerprint density at radius 3 is 1.62 bits per heavy atom. The van der Waals surface area contributed by atoms with Crippen LogP contribution in [0.4, 0.5) is 0 Å². The van der Waals surface area contributed by atoms with Gasteiger partial charge in [-0.25, -0.2) is 9.97 Å². The van der Waals surface area contributed by atoms with Gasteiger partial charge in [-0.2, -0.15) is 0 Å². The normalized spacial score (nSPS) is 25.5. The quantitative estimate of drug-likeness (QED) is 0.225. The van der Waals surface area contributed by atoms with Gasteiger partial charge < -0.3 is 0 Å². The van der Waals surface area contributed by atoms with E-state index in [0.717, 1.165) is 30.0 Å². The second kappa shape index (κ2) is 16.7. The van der Waals surface area contributed by atoms with E-state index in [9.17, 15) is 0 Å². The van der Waals surface area contributed by atoms with Gasteiger partial charge in [0, 0.05) is 18.3 Å². The summed E-state index contributed by atoms with van der Waals surface area (Å²) < 4.78 is 0. The summed E-state index contributed by atoms with van der Waals surface area (Å²) in [5.74, 6) is 4.80. The molecule has 0 aromatic carbocycles. The number of aryl methyl sites for hydroxylation is 1. The van der Waals surface area contributed by atoms with Crippen molar-refractivity contribution in [2.45, 2.75) is 161 Å². The fourth-order valence-corrected chi connectivity index (χ4v) is 6.66. The lowest BCUT2D eigenvalue weighted by atomic mass is 9.74. The third-order valence-corrected chi connectivity index (χ3v) is 9.17. The summed E-state index contributed by atoms with van der Waals surface area (Å²) in [6.07, 6.45) is 35.3. The van der Waals surface area contributed by atoms with Crippen molar-refractivity contribution in [3.63, 3.8) is 0 Å². The predicted molar refractivity (Wildman–Crippen MR) is 147 cm³/mol.